The summed E-state index contributed by atoms with van der Waals surface area (Å²) in [6.45, 7) is 4.12. The second-order valence-electron chi connectivity index (χ2n) is 7.04. The zero-order valence-electron chi connectivity index (χ0n) is 16.2. The first-order valence-electron chi connectivity index (χ1n) is 9.46. The van der Waals surface area contributed by atoms with Crippen LogP contribution in [0.2, 0.25) is 0 Å². The number of carbonyl (C=O) groups excluding carboxylic acids is 3. The number of piperazine rings is 1. The highest BCUT2D eigenvalue weighted by Gasteiger charge is 2.26. The second-order valence-corrected chi connectivity index (χ2v) is 7.04. The lowest BCUT2D eigenvalue weighted by atomic mass is 10.1. The summed E-state index contributed by atoms with van der Waals surface area (Å²) in [5, 5.41) is 5.37. The molecule has 1 saturated heterocycles. The lowest BCUT2D eigenvalue weighted by Gasteiger charge is -2.32. The van der Waals surface area contributed by atoms with Gasteiger partial charge in [0, 0.05) is 23.9 Å². The van der Waals surface area contributed by atoms with Gasteiger partial charge in [0.15, 0.2) is 6.54 Å². The summed E-state index contributed by atoms with van der Waals surface area (Å²) in [7, 11) is 0. The van der Waals surface area contributed by atoms with Gasteiger partial charge in [0.25, 0.3) is 11.8 Å². The van der Waals surface area contributed by atoms with Crippen molar-refractivity contribution in [1.82, 2.24) is 4.90 Å². The Hall–Kier alpha value is -3.26. The minimum absolute atomic E-state index is 0.0670. The summed E-state index contributed by atoms with van der Waals surface area (Å²) >= 11 is 0. The lowest BCUT2D eigenvalue weighted by molar-refractivity contribution is -0.895. The quantitative estimate of drug-likeness (QED) is 0.694. The third-order valence-electron chi connectivity index (χ3n) is 4.73. The number of halogens is 1. The van der Waals surface area contributed by atoms with Gasteiger partial charge in [-0.05, 0) is 42.5 Å². The number of rotatable bonds is 5. The van der Waals surface area contributed by atoms with Crippen molar-refractivity contribution in [3.05, 3.63) is 59.9 Å². The van der Waals surface area contributed by atoms with E-state index < -0.39 is 5.82 Å². The van der Waals surface area contributed by atoms with E-state index >= 15 is 0 Å². The van der Waals surface area contributed by atoms with Gasteiger partial charge in [-0.25, -0.2) is 4.39 Å². The molecule has 1 fully saturated rings. The summed E-state index contributed by atoms with van der Waals surface area (Å²) in [4.78, 5) is 38.7. The molecule has 0 aromatic heterocycles. The van der Waals surface area contributed by atoms with Crippen LogP contribution in [0.3, 0.4) is 0 Å². The Balaban J connectivity index is 1.47. The fraction of sp³-hybridized carbons (Fsp3) is 0.286. The van der Waals surface area contributed by atoms with Crippen molar-refractivity contribution in [2.75, 3.05) is 43.4 Å². The number of benzene rings is 2. The van der Waals surface area contributed by atoms with E-state index in [2.05, 4.69) is 10.6 Å². The van der Waals surface area contributed by atoms with Crippen LogP contribution in [-0.4, -0.2) is 55.3 Å². The molecule has 0 unspecified atom stereocenters. The van der Waals surface area contributed by atoms with Crippen molar-refractivity contribution >= 4 is 29.1 Å². The molecule has 0 aliphatic carbocycles. The number of carbonyl (C=O) groups is 3. The molecule has 3 amide bonds. The first-order chi connectivity index (χ1) is 13.9. The molecule has 0 bridgehead atoms. The van der Waals surface area contributed by atoms with E-state index in [1.807, 2.05) is 0 Å². The van der Waals surface area contributed by atoms with Gasteiger partial charge in [0.2, 0.25) is 5.91 Å². The molecule has 8 heteroatoms. The van der Waals surface area contributed by atoms with E-state index in [0.717, 1.165) is 4.90 Å². The Kier molecular flexibility index (Phi) is 6.56. The fourth-order valence-corrected chi connectivity index (χ4v) is 3.28. The molecule has 0 radical (unpaired) electrons. The van der Waals surface area contributed by atoms with Gasteiger partial charge in [-0.1, -0.05) is 6.07 Å². The Morgan fingerprint density at radius 3 is 2.31 bits per heavy atom. The number of hydrogen-bond acceptors (Lipinski definition) is 3. The number of nitrogens with one attached hydrogen (secondary N) is 3. The summed E-state index contributed by atoms with van der Waals surface area (Å²) in [5.74, 6) is -0.807. The lowest BCUT2D eigenvalue weighted by Crippen LogP contribution is -3.15. The van der Waals surface area contributed by atoms with Crippen LogP contribution >= 0.6 is 0 Å². The van der Waals surface area contributed by atoms with Crippen LogP contribution in [0.25, 0.3) is 0 Å². The molecule has 2 aromatic carbocycles. The maximum absolute atomic E-state index is 13.2. The molecule has 7 nitrogen and oxygen atoms in total. The van der Waals surface area contributed by atoms with Gasteiger partial charge in [-0.15, -0.1) is 0 Å². The van der Waals surface area contributed by atoms with Gasteiger partial charge in [-0.3, -0.25) is 14.4 Å². The van der Waals surface area contributed by atoms with E-state index in [1.54, 1.807) is 41.3 Å². The van der Waals surface area contributed by atoms with Gasteiger partial charge >= 0.3 is 0 Å². The van der Waals surface area contributed by atoms with Gasteiger partial charge in [-0.2, -0.15) is 0 Å². The smallest absolute Gasteiger partial charge is 0.279 e. The molecular weight excluding hydrogens is 375 g/mol. The largest absolute Gasteiger partial charge is 0.327 e. The van der Waals surface area contributed by atoms with Crippen LogP contribution in [0, 0.1) is 5.82 Å². The Labute approximate surface area is 168 Å². The summed E-state index contributed by atoms with van der Waals surface area (Å²) in [5.41, 5.74) is 1.64. The standard InChI is InChI=1S/C21H23FN4O3/c1-15(27)23-18-7-5-16(6-8-18)21(29)26-11-9-25(10-12-26)14-20(28)24-19-4-2-3-17(22)13-19/h2-8,13H,9-12,14H2,1H3,(H,23,27)(H,24,28)/p+1. The van der Waals surface area contributed by atoms with Gasteiger partial charge in [0.05, 0.1) is 26.2 Å². The number of hydrogen-bond donors (Lipinski definition) is 3. The average molecular weight is 399 g/mol. The molecule has 3 N–H and O–H groups in total. The van der Waals surface area contributed by atoms with Crippen molar-refractivity contribution in [2.45, 2.75) is 6.92 Å². The average Bonchev–Trinajstić information content (AvgIpc) is 2.68. The highest BCUT2D eigenvalue weighted by atomic mass is 19.1. The normalized spacial score (nSPS) is 14.3. The summed E-state index contributed by atoms with van der Waals surface area (Å²) in [6, 6.07) is 12.6. The molecule has 29 heavy (non-hydrogen) atoms. The Morgan fingerprint density at radius 2 is 1.69 bits per heavy atom. The van der Waals surface area contributed by atoms with Crippen molar-refractivity contribution < 1.29 is 23.7 Å². The fourth-order valence-electron chi connectivity index (χ4n) is 3.28. The first kappa shape index (κ1) is 20.5. The molecule has 1 aliphatic rings. The molecule has 1 heterocycles. The number of anilines is 2. The predicted molar refractivity (Wildman–Crippen MR) is 107 cm³/mol. The molecule has 0 spiro atoms. The second kappa shape index (κ2) is 9.29. The molecule has 152 valence electrons. The molecule has 1 aliphatic heterocycles. The zero-order valence-corrected chi connectivity index (χ0v) is 16.2. The number of amides is 3. The first-order valence-corrected chi connectivity index (χ1v) is 9.46. The maximum Gasteiger partial charge on any atom is 0.279 e. The van der Waals surface area contributed by atoms with Crippen molar-refractivity contribution in [2.24, 2.45) is 0 Å². The van der Waals surface area contributed by atoms with Crippen LogP contribution < -0.4 is 15.5 Å². The molecule has 0 saturated carbocycles. The summed E-state index contributed by atoms with van der Waals surface area (Å²) < 4.78 is 13.2. The topological polar surface area (TPSA) is 83.0 Å². The van der Waals surface area contributed by atoms with Crippen molar-refractivity contribution in [1.29, 1.82) is 0 Å². The van der Waals surface area contributed by atoms with E-state index in [4.69, 9.17) is 0 Å². The molecule has 0 atom stereocenters. The predicted octanol–water partition coefficient (Wildman–Crippen LogP) is 0.764. The Morgan fingerprint density at radius 1 is 1.00 bits per heavy atom. The van der Waals surface area contributed by atoms with Crippen molar-refractivity contribution in [3.63, 3.8) is 0 Å². The SMILES string of the molecule is CC(=O)Nc1ccc(C(=O)N2CC[NH+](CC(=O)Nc3cccc(F)c3)CC2)cc1. The molecule has 3 rings (SSSR count). The Bertz CT molecular complexity index is 893. The molecule has 2 aromatic rings. The zero-order chi connectivity index (χ0) is 20.8. The van der Waals surface area contributed by atoms with Crippen LogP contribution in [0.1, 0.15) is 17.3 Å². The van der Waals surface area contributed by atoms with E-state index in [9.17, 15) is 18.8 Å². The highest BCUT2D eigenvalue weighted by molar-refractivity contribution is 5.95. The van der Waals surface area contributed by atoms with Crippen LogP contribution in [-0.2, 0) is 9.59 Å². The minimum Gasteiger partial charge on any atom is -0.327 e. The highest BCUT2D eigenvalue weighted by Crippen LogP contribution is 2.12. The molecular formula is C21H24FN4O3+. The van der Waals surface area contributed by atoms with E-state index in [1.165, 1.54) is 19.1 Å². The van der Waals surface area contributed by atoms with Gasteiger partial charge < -0.3 is 20.4 Å². The maximum atomic E-state index is 13.2. The van der Waals surface area contributed by atoms with Crippen LogP contribution in [0.15, 0.2) is 48.5 Å². The third-order valence-corrected chi connectivity index (χ3v) is 4.73. The third kappa shape index (κ3) is 5.86. The van der Waals surface area contributed by atoms with E-state index in [-0.39, 0.29) is 24.3 Å². The number of nitrogens with zero attached hydrogens (tertiary/aromatic N) is 1. The minimum atomic E-state index is -0.396. The summed E-state index contributed by atoms with van der Waals surface area (Å²) in [6.07, 6.45) is 0. The number of quaternary nitrogens is 1. The monoisotopic (exact) mass is 399 g/mol. The van der Waals surface area contributed by atoms with Crippen LogP contribution in [0.4, 0.5) is 15.8 Å². The van der Waals surface area contributed by atoms with Crippen molar-refractivity contribution in [3.8, 4) is 0 Å². The van der Waals surface area contributed by atoms with E-state index in [0.29, 0.717) is 43.1 Å². The van der Waals surface area contributed by atoms with Crippen LogP contribution in [0.5, 0.6) is 0 Å². The van der Waals surface area contributed by atoms with Gasteiger partial charge in [0.1, 0.15) is 5.82 Å².